The van der Waals surface area contributed by atoms with Gasteiger partial charge in [-0.25, -0.2) is 9.50 Å². The number of benzene rings is 2. The molecule has 0 radical (unpaired) electrons. The SMILES string of the molecule is Cc1cccc(-c2nnc(-c3c(C)nc4c(-c5ccccc5)c(C)[nH]n4c3=O)o2)c1. The Morgan fingerprint density at radius 1 is 0.867 bits per heavy atom. The highest BCUT2D eigenvalue weighted by atomic mass is 16.4. The van der Waals surface area contributed by atoms with Crippen molar-refractivity contribution < 1.29 is 4.42 Å². The lowest BCUT2D eigenvalue weighted by Gasteiger charge is -2.03. The number of nitrogens with one attached hydrogen (secondary N) is 1. The largest absolute Gasteiger partial charge is 0.416 e. The van der Waals surface area contributed by atoms with E-state index in [-0.39, 0.29) is 11.4 Å². The molecule has 5 aromatic rings. The molecule has 0 aliphatic rings. The van der Waals surface area contributed by atoms with Gasteiger partial charge in [-0.15, -0.1) is 10.2 Å². The Balaban J connectivity index is 1.68. The minimum atomic E-state index is -0.276. The van der Waals surface area contributed by atoms with Crippen LogP contribution in [0.1, 0.15) is 17.0 Å². The van der Waals surface area contributed by atoms with Gasteiger partial charge in [0.05, 0.1) is 5.69 Å². The van der Waals surface area contributed by atoms with Crippen LogP contribution in [0.2, 0.25) is 0 Å². The molecular formula is C23H19N5O2. The molecule has 0 saturated carbocycles. The molecule has 0 fully saturated rings. The quantitative estimate of drug-likeness (QED) is 0.489. The van der Waals surface area contributed by atoms with Gasteiger partial charge in [-0.2, -0.15) is 0 Å². The Morgan fingerprint density at radius 3 is 2.37 bits per heavy atom. The summed E-state index contributed by atoms with van der Waals surface area (Å²) in [6, 6.07) is 17.6. The molecule has 5 rings (SSSR count). The minimum Gasteiger partial charge on any atom is -0.416 e. The van der Waals surface area contributed by atoms with Crippen LogP contribution in [-0.4, -0.2) is 24.8 Å². The average Bonchev–Trinajstić information content (AvgIpc) is 3.33. The Bertz CT molecular complexity index is 1440. The standard InChI is InChI=1S/C23H19N5O2/c1-13-8-7-11-17(12-13)21-25-26-22(30-21)19-14(2)24-20-18(16-9-5-4-6-10-16)15(3)27-28(20)23(19)29/h4-12,27H,1-3H3. The summed E-state index contributed by atoms with van der Waals surface area (Å²) in [7, 11) is 0. The van der Waals surface area contributed by atoms with Gasteiger partial charge in [0.2, 0.25) is 5.89 Å². The summed E-state index contributed by atoms with van der Waals surface area (Å²) >= 11 is 0. The molecular weight excluding hydrogens is 378 g/mol. The molecule has 0 bridgehead atoms. The lowest BCUT2D eigenvalue weighted by atomic mass is 10.1. The number of hydrogen-bond acceptors (Lipinski definition) is 5. The van der Waals surface area contributed by atoms with Crippen molar-refractivity contribution in [2.75, 3.05) is 0 Å². The average molecular weight is 397 g/mol. The van der Waals surface area contributed by atoms with Crippen molar-refractivity contribution in [1.29, 1.82) is 0 Å². The number of rotatable bonds is 3. The summed E-state index contributed by atoms with van der Waals surface area (Å²) < 4.78 is 7.29. The van der Waals surface area contributed by atoms with Crippen LogP contribution in [0.4, 0.5) is 0 Å². The van der Waals surface area contributed by atoms with Gasteiger partial charge < -0.3 is 4.42 Å². The maximum Gasteiger partial charge on any atom is 0.285 e. The molecule has 3 heterocycles. The highest BCUT2D eigenvalue weighted by Gasteiger charge is 2.22. The van der Waals surface area contributed by atoms with Crippen LogP contribution in [0.5, 0.6) is 0 Å². The molecule has 1 N–H and O–H groups in total. The van der Waals surface area contributed by atoms with Gasteiger partial charge in [-0.3, -0.25) is 9.89 Å². The van der Waals surface area contributed by atoms with Crippen LogP contribution in [-0.2, 0) is 0 Å². The van der Waals surface area contributed by atoms with Crippen LogP contribution in [0.25, 0.3) is 39.7 Å². The Hall–Kier alpha value is -4.00. The van der Waals surface area contributed by atoms with E-state index in [1.54, 1.807) is 6.92 Å². The third-order valence-electron chi connectivity index (χ3n) is 5.11. The molecule has 0 aliphatic heterocycles. The van der Waals surface area contributed by atoms with Crippen LogP contribution in [0.15, 0.2) is 63.8 Å². The number of hydrogen-bond donors (Lipinski definition) is 1. The summed E-state index contributed by atoms with van der Waals surface area (Å²) in [6.07, 6.45) is 0. The maximum atomic E-state index is 13.3. The molecule has 0 unspecified atom stereocenters. The number of aromatic nitrogens is 5. The van der Waals surface area contributed by atoms with Gasteiger partial charge in [-0.05, 0) is 38.5 Å². The van der Waals surface area contributed by atoms with Crippen molar-refractivity contribution in [3.8, 4) is 34.0 Å². The van der Waals surface area contributed by atoms with E-state index in [0.29, 0.717) is 22.8 Å². The molecule has 2 aromatic carbocycles. The molecule has 148 valence electrons. The van der Waals surface area contributed by atoms with Gasteiger partial charge in [0.25, 0.3) is 11.4 Å². The molecule has 0 amide bonds. The summed E-state index contributed by atoms with van der Waals surface area (Å²) in [5.74, 6) is 0.523. The Kier molecular flexibility index (Phi) is 4.10. The van der Waals surface area contributed by atoms with Crippen molar-refractivity contribution in [1.82, 2.24) is 24.8 Å². The highest BCUT2D eigenvalue weighted by molar-refractivity contribution is 5.80. The van der Waals surface area contributed by atoms with Crippen molar-refractivity contribution in [3.63, 3.8) is 0 Å². The van der Waals surface area contributed by atoms with Crippen LogP contribution in [0.3, 0.4) is 0 Å². The fraction of sp³-hybridized carbons (Fsp3) is 0.130. The molecule has 7 nitrogen and oxygen atoms in total. The Labute approximate surface area is 172 Å². The van der Waals surface area contributed by atoms with Crippen molar-refractivity contribution in [3.05, 3.63) is 81.9 Å². The van der Waals surface area contributed by atoms with Crippen molar-refractivity contribution in [2.24, 2.45) is 0 Å². The molecule has 0 atom stereocenters. The van der Waals surface area contributed by atoms with E-state index in [4.69, 9.17) is 9.40 Å². The zero-order valence-electron chi connectivity index (χ0n) is 16.8. The van der Waals surface area contributed by atoms with Crippen molar-refractivity contribution >= 4 is 5.65 Å². The molecule has 0 saturated heterocycles. The fourth-order valence-electron chi connectivity index (χ4n) is 3.71. The first kappa shape index (κ1) is 18.1. The molecule has 0 spiro atoms. The summed E-state index contributed by atoms with van der Waals surface area (Å²) in [4.78, 5) is 18.0. The monoisotopic (exact) mass is 397 g/mol. The number of H-pyrrole nitrogens is 1. The van der Waals surface area contributed by atoms with Gasteiger partial charge in [0.15, 0.2) is 5.65 Å². The molecule has 7 heteroatoms. The van der Waals surface area contributed by atoms with E-state index in [1.807, 2.05) is 68.4 Å². The van der Waals surface area contributed by atoms with Gasteiger partial charge in [-0.1, -0.05) is 48.0 Å². The van der Waals surface area contributed by atoms with Crippen LogP contribution < -0.4 is 5.56 Å². The zero-order valence-corrected chi connectivity index (χ0v) is 16.8. The second-order valence-corrected chi connectivity index (χ2v) is 7.30. The van der Waals surface area contributed by atoms with E-state index in [9.17, 15) is 4.79 Å². The predicted molar refractivity (Wildman–Crippen MR) is 114 cm³/mol. The van der Waals surface area contributed by atoms with Crippen LogP contribution >= 0.6 is 0 Å². The summed E-state index contributed by atoms with van der Waals surface area (Å²) in [6.45, 7) is 5.70. The van der Waals surface area contributed by atoms with E-state index < -0.39 is 0 Å². The van der Waals surface area contributed by atoms with E-state index in [1.165, 1.54) is 4.52 Å². The molecule has 3 aromatic heterocycles. The van der Waals surface area contributed by atoms with Gasteiger partial charge >= 0.3 is 0 Å². The summed E-state index contributed by atoms with van der Waals surface area (Å²) in [5.41, 5.74) is 5.76. The fourth-order valence-corrected chi connectivity index (χ4v) is 3.71. The lowest BCUT2D eigenvalue weighted by molar-refractivity contribution is 0.582. The summed E-state index contributed by atoms with van der Waals surface area (Å²) in [5, 5.41) is 11.4. The molecule has 0 aliphatic carbocycles. The first-order valence-corrected chi connectivity index (χ1v) is 9.61. The van der Waals surface area contributed by atoms with Crippen molar-refractivity contribution in [2.45, 2.75) is 20.8 Å². The lowest BCUT2D eigenvalue weighted by Crippen LogP contribution is -2.19. The van der Waals surface area contributed by atoms with Gasteiger partial charge in [0, 0.05) is 16.8 Å². The van der Waals surface area contributed by atoms with Gasteiger partial charge in [0.1, 0.15) is 5.56 Å². The third-order valence-corrected chi connectivity index (χ3v) is 5.11. The zero-order chi connectivity index (χ0) is 20.8. The highest BCUT2D eigenvalue weighted by Crippen LogP contribution is 2.29. The second kappa shape index (κ2) is 6.81. The maximum absolute atomic E-state index is 13.3. The minimum absolute atomic E-state index is 0.157. The first-order valence-electron chi connectivity index (χ1n) is 9.61. The number of aromatic amines is 1. The Morgan fingerprint density at radius 2 is 1.60 bits per heavy atom. The topological polar surface area (TPSA) is 89.1 Å². The number of fused-ring (bicyclic) bond motifs is 1. The normalized spacial score (nSPS) is 11.3. The van der Waals surface area contributed by atoms with E-state index in [2.05, 4.69) is 15.3 Å². The smallest absolute Gasteiger partial charge is 0.285 e. The number of nitrogens with zero attached hydrogens (tertiary/aromatic N) is 4. The van der Waals surface area contributed by atoms with E-state index in [0.717, 1.165) is 27.9 Å². The number of aryl methyl sites for hydroxylation is 3. The molecule has 30 heavy (non-hydrogen) atoms. The second-order valence-electron chi connectivity index (χ2n) is 7.30. The van der Waals surface area contributed by atoms with Crippen LogP contribution in [0, 0.1) is 20.8 Å². The third kappa shape index (κ3) is 2.83. The van der Waals surface area contributed by atoms with E-state index >= 15 is 0 Å². The first-order chi connectivity index (χ1) is 14.5. The predicted octanol–water partition coefficient (Wildman–Crippen LogP) is 4.33.